The summed E-state index contributed by atoms with van der Waals surface area (Å²) in [5.41, 5.74) is 2.73. The summed E-state index contributed by atoms with van der Waals surface area (Å²) in [6.07, 6.45) is 2.33. The van der Waals surface area contributed by atoms with E-state index in [0.717, 1.165) is 11.3 Å². The quantitative estimate of drug-likeness (QED) is 0.681. The van der Waals surface area contributed by atoms with Crippen molar-refractivity contribution in [3.8, 4) is 0 Å². The molecular weight excluding hydrogens is 398 g/mol. The van der Waals surface area contributed by atoms with Gasteiger partial charge >= 0.3 is 0 Å². The first-order chi connectivity index (χ1) is 14.4. The summed E-state index contributed by atoms with van der Waals surface area (Å²) in [5.74, 6) is -0.347. The number of amides is 1. The number of hydrogen-bond acceptors (Lipinski definition) is 4. The van der Waals surface area contributed by atoms with Crippen LogP contribution in [-0.2, 0) is 16.4 Å². The van der Waals surface area contributed by atoms with Gasteiger partial charge in [-0.15, -0.1) is 0 Å². The summed E-state index contributed by atoms with van der Waals surface area (Å²) in [4.78, 5) is 17.1. The molecule has 2 unspecified atom stereocenters. The molecule has 0 fully saturated rings. The predicted molar refractivity (Wildman–Crippen MR) is 116 cm³/mol. The number of pyridine rings is 1. The molecule has 1 aromatic heterocycles. The fourth-order valence-corrected chi connectivity index (χ4v) is 5.54. The SMILES string of the molecule is CC(NC(=O)c1cccc(S(=O)(=O)N2c3ccccc3CC2C)c1)c1ccccn1. The second-order valence-electron chi connectivity index (χ2n) is 7.46. The summed E-state index contributed by atoms with van der Waals surface area (Å²) >= 11 is 0. The lowest BCUT2D eigenvalue weighted by Crippen LogP contribution is -2.36. The largest absolute Gasteiger partial charge is 0.344 e. The molecule has 0 saturated heterocycles. The predicted octanol–water partition coefficient (Wildman–Crippen LogP) is 3.71. The number of nitrogens with one attached hydrogen (secondary N) is 1. The van der Waals surface area contributed by atoms with E-state index in [2.05, 4.69) is 10.3 Å². The number of hydrogen-bond donors (Lipinski definition) is 1. The Balaban J connectivity index is 1.61. The van der Waals surface area contributed by atoms with Crippen molar-refractivity contribution in [3.63, 3.8) is 0 Å². The Kier molecular flexibility index (Phi) is 5.30. The lowest BCUT2D eigenvalue weighted by atomic mass is 10.1. The summed E-state index contributed by atoms with van der Waals surface area (Å²) in [7, 11) is -3.80. The van der Waals surface area contributed by atoms with Gasteiger partial charge in [0.05, 0.1) is 22.3 Å². The van der Waals surface area contributed by atoms with Gasteiger partial charge in [-0.2, -0.15) is 0 Å². The molecule has 1 amide bonds. The van der Waals surface area contributed by atoms with Gasteiger partial charge in [-0.25, -0.2) is 8.42 Å². The van der Waals surface area contributed by atoms with Gasteiger partial charge in [-0.1, -0.05) is 30.3 Å². The molecule has 154 valence electrons. The number of sulfonamides is 1. The number of anilines is 1. The monoisotopic (exact) mass is 421 g/mol. The zero-order chi connectivity index (χ0) is 21.3. The van der Waals surface area contributed by atoms with Crippen molar-refractivity contribution in [1.82, 2.24) is 10.3 Å². The van der Waals surface area contributed by atoms with Crippen molar-refractivity contribution in [2.45, 2.75) is 37.2 Å². The number of fused-ring (bicyclic) bond motifs is 1. The highest BCUT2D eigenvalue weighted by molar-refractivity contribution is 7.92. The van der Waals surface area contributed by atoms with Gasteiger partial charge in [0, 0.05) is 17.8 Å². The number of aromatic nitrogens is 1. The second kappa shape index (κ2) is 7.91. The highest BCUT2D eigenvalue weighted by Crippen LogP contribution is 2.36. The standard InChI is InChI=1S/C23H23N3O3S/c1-16-14-18-8-3-4-12-22(18)26(16)30(28,29)20-10-7-9-19(15-20)23(27)25-17(2)21-11-5-6-13-24-21/h3-13,15-17H,14H2,1-2H3,(H,25,27). The van der Waals surface area contributed by atoms with Crippen LogP contribution in [0.1, 0.15) is 41.5 Å². The van der Waals surface area contributed by atoms with Crippen LogP contribution in [0.25, 0.3) is 0 Å². The number of carbonyl (C=O) groups is 1. The Morgan fingerprint density at radius 1 is 1.10 bits per heavy atom. The van der Waals surface area contributed by atoms with Gasteiger partial charge < -0.3 is 5.32 Å². The minimum Gasteiger partial charge on any atom is -0.344 e. The number of nitrogens with zero attached hydrogens (tertiary/aromatic N) is 2. The highest BCUT2D eigenvalue weighted by atomic mass is 32.2. The van der Waals surface area contributed by atoms with E-state index in [1.807, 2.05) is 56.3 Å². The summed E-state index contributed by atoms with van der Waals surface area (Å²) < 4.78 is 28.3. The molecule has 0 radical (unpaired) electrons. The average molecular weight is 422 g/mol. The molecule has 3 aromatic rings. The molecule has 6 nitrogen and oxygen atoms in total. The van der Waals surface area contributed by atoms with Crippen LogP contribution >= 0.6 is 0 Å². The third kappa shape index (κ3) is 3.68. The van der Waals surface area contributed by atoms with E-state index in [9.17, 15) is 13.2 Å². The lowest BCUT2D eigenvalue weighted by Gasteiger charge is -2.24. The van der Waals surface area contributed by atoms with Gasteiger partial charge in [0.2, 0.25) is 0 Å². The van der Waals surface area contributed by atoms with E-state index in [0.29, 0.717) is 17.7 Å². The van der Waals surface area contributed by atoms with Crippen molar-refractivity contribution >= 4 is 21.6 Å². The smallest absolute Gasteiger partial charge is 0.264 e. The highest BCUT2D eigenvalue weighted by Gasteiger charge is 2.36. The van der Waals surface area contributed by atoms with E-state index in [1.165, 1.54) is 16.4 Å². The van der Waals surface area contributed by atoms with Crippen molar-refractivity contribution in [3.05, 3.63) is 89.7 Å². The van der Waals surface area contributed by atoms with Crippen molar-refractivity contribution in [1.29, 1.82) is 0 Å². The first kappa shape index (κ1) is 20.1. The van der Waals surface area contributed by atoms with Crippen LogP contribution in [0.3, 0.4) is 0 Å². The van der Waals surface area contributed by atoms with Crippen LogP contribution in [0, 0.1) is 0 Å². The molecule has 7 heteroatoms. The summed E-state index contributed by atoms with van der Waals surface area (Å²) in [6.45, 7) is 3.73. The topological polar surface area (TPSA) is 79.4 Å². The zero-order valence-electron chi connectivity index (χ0n) is 16.8. The summed E-state index contributed by atoms with van der Waals surface area (Å²) in [5, 5.41) is 2.88. The van der Waals surface area contributed by atoms with Crippen molar-refractivity contribution < 1.29 is 13.2 Å². The number of para-hydroxylation sites is 1. The van der Waals surface area contributed by atoms with Gasteiger partial charge in [-0.3, -0.25) is 14.1 Å². The Labute approximate surface area is 176 Å². The van der Waals surface area contributed by atoms with Crippen LogP contribution in [0.4, 0.5) is 5.69 Å². The number of carbonyl (C=O) groups excluding carboxylic acids is 1. The number of benzene rings is 2. The van der Waals surface area contributed by atoms with E-state index in [-0.39, 0.29) is 22.9 Å². The molecule has 30 heavy (non-hydrogen) atoms. The van der Waals surface area contributed by atoms with E-state index in [1.54, 1.807) is 18.3 Å². The van der Waals surface area contributed by atoms with Crippen molar-refractivity contribution in [2.24, 2.45) is 0 Å². The van der Waals surface area contributed by atoms with Crippen molar-refractivity contribution in [2.75, 3.05) is 4.31 Å². The first-order valence-corrected chi connectivity index (χ1v) is 11.3. The second-order valence-corrected chi connectivity index (χ2v) is 9.28. The maximum Gasteiger partial charge on any atom is 0.264 e. The minimum absolute atomic E-state index is 0.101. The fraction of sp³-hybridized carbons (Fsp3) is 0.217. The third-order valence-corrected chi connectivity index (χ3v) is 7.20. The third-order valence-electron chi connectivity index (χ3n) is 5.28. The van der Waals surface area contributed by atoms with Gasteiger partial charge in [0.1, 0.15) is 0 Å². The zero-order valence-corrected chi connectivity index (χ0v) is 17.6. The van der Waals surface area contributed by atoms with E-state index >= 15 is 0 Å². The Morgan fingerprint density at radius 3 is 2.63 bits per heavy atom. The van der Waals surface area contributed by atoms with E-state index in [4.69, 9.17) is 0 Å². The first-order valence-electron chi connectivity index (χ1n) is 9.82. The molecule has 4 rings (SSSR count). The Hall–Kier alpha value is -3.19. The summed E-state index contributed by atoms with van der Waals surface area (Å²) in [6, 6.07) is 18.7. The van der Waals surface area contributed by atoms with Crippen LogP contribution in [-0.4, -0.2) is 25.4 Å². The molecule has 1 aliphatic heterocycles. The average Bonchev–Trinajstić information content (AvgIpc) is 3.10. The maximum absolute atomic E-state index is 13.4. The molecule has 0 aliphatic carbocycles. The van der Waals surface area contributed by atoms with Crippen LogP contribution in [0.15, 0.2) is 77.8 Å². The minimum atomic E-state index is -3.80. The molecule has 2 heterocycles. The molecule has 0 spiro atoms. The van der Waals surface area contributed by atoms with Crippen LogP contribution in [0.5, 0.6) is 0 Å². The lowest BCUT2D eigenvalue weighted by molar-refractivity contribution is 0.0939. The molecule has 1 aliphatic rings. The molecule has 2 aromatic carbocycles. The normalized spacial score (nSPS) is 16.7. The molecule has 0 bridgehead atoms. The van der Waals surface area contributed by atoms with Gasteiger partial charge in [-0.05, 0) is 62.2 Å². The van der Waals surface area contributed by atoms with E-state index < -0.39 is 10.0 Å². The maximum atomic E-state index is 13.4. The van der Waals surface area contributed by atoms with Crippen LogP contribution < -0.4 is 9.62 Å². The molecule has 0 saturated carbocycles. The molecule has 1 N–H and O–H groups in total. The van der Waals surface area contributed by atoms with Crippen LogP contribution in [0.2, 0.25) is 0 Å². The van der Waals surface area contributed by atoms with Gasteiger partial charge in [0.15, 0.2) is 0 Å². The number of rotatable bonds is 5. The Morgan fingerprint density at radius 2 is 1.87 bits per heavy atom. The molecule has 2 atom stereocenters. The fourth-order valence-electron chi connectivity index (χ4n) is 3.80. The Bertz CT molecular complexity index is 1180. The molecular formula is C23H23N3O3S. The van der Waals surface area contributed by atoms with Gasteiger partial charge in [0.25, 0.3) is 15.9 Å².